The number of morpholine rings is 1. The fourth-order valence-corrected chi connectivity index (χ4v) is 3.13. The van der Waals surface area contributed by atoms with Crippen molar-refractivity contribution in [3.05, 3.63) is 40.3 Å². The van der Waals surface area contributed by atoms with Crippen molar-refractivity contribution in [2.45, 2.75) is 6.92 Å². The number of benzene rings is 1. The van der Waals surface area contributed by atoms with Crippen molar-refractivity contribution in [1.82, 2.24) is 4.90 Å². The molecule has 104 valence electrons. The summed E-state index contributed by atoms with van der Waals surface area (Å²) in [4.78, 5) is 19.0. The van der Waals surface area contributed by atoms with Gasteiger partial charge in [0.05, 0.1) is 18.1 Å². The highest BCUT2D eigenvalue weighted by atomic mass is 32.2. The van der Waals surface area contributed by atoms with Crippen LogP contribution in [0.15, 0.2) is 34.2 Å². The molecule has 0 spiro atoms. The second kappa shape index (κ2) is 5.81. The Morgan fingerprint density at radius 3 is 2.80 bits per heavy atom. The van der Waals surface area contributed by atoms with Crippen molar-refractivity contribution >= 4 is 28.9 Å². The SMILES string of the molecule is Cc1ccccc1/C=C1\SC(N2CCOCC2)=NC1=O. The minimum atomic E-state index is -0.139. The Labute approximate surface area is 122 Å². The molecule has 0 aliphatic carbocycles. The van der Waals surface area contributed by atoms with E-state index in [0.717, 1.165) is 29.4 Å². The maximum Gasteiger partial charge on any atom is 0.286 e. The van der Waals surface area contributed by atoms with E-state index >= 15 is 0 Å². The molecule has 1 saturated heterocycles. The molecular formula is C15H16N2O2S. The van der Waals surface area contributed by atoms with Gasteiger partial charge in [-0.3, -0.25) is 4.79 Å². The normalized spacial score (nSPS) is 21.4. The third kappa shape index (κ3) is 2.78. The number of aliphatic imine (C=N–C) groups is 1. The number of nitrogens with zero attached hydrogens (tertiary/aromatic N) is 2. The van der Waals surface area contributed by atoms with Gasteiger partial charge >= 0.3 is 0 Å². The summed E-state index contributed by atoms with van der Waals surface area (Å²) in [6, 6.07) is 8.03. The highest BCUT2D eigenvalue weighted by Crippen LogP contribution is 2.30. The van der Waals surface area contributed by atoms with Crippen molar-refractivity contribution in [2.75, 3.05) is 26.3 Å². The predicted octanol–water partition coefficient (Wildman–Crippen LogP) is 2.30. The highest BCUT2D eigenvalue weighted by Gasteiger charge is 2.27. The molecule has 0 radical (unpaired) electrons. The topological polar surface area (TPSA) is 41.9 Å². The number of carbonyl (C=O) groups excluding carboxylic acids is 1. The third-order valence-electron chi connectivity index (χ3n) is 3.37. The highest BCUT2D eigenvalue weighted by molar-refractivity contribution is 8.18. The van der Waals surface area contributed by atoms with Gasteiger partial charge in [-0.1, -0.05) is 24.3 Å². The Kier molecular flexibility index (Phi) is 3.89. The number of rotatable bonds is 1. The van der Waals surface area contributed by atoms with Gasteiger partial charge in [0.25, 0.3) is 5.91 Å². The van der Waals surface area contributed by atoms with Crippen molar-refractivity contribution in [1.29, 1.82) is 0 Å². The van der Waals surface area contributed by atoms with E-state index in [0.29, 0.717) is 18.1 Å². The van der Waals surface area contributed by atoms with Crippen LogP contribution in [0.2, 0.25) is 0 Å². The largest absolute Gasteiger partial charge is 0.378 e. The molecule has 0 N–H and O–H groups in total. The molecule has 1 fully saturated rings. The summed E-state index contributed by atoms with van der Waals surface area (Å²) in [6.45, 7) is 5.04. The summed E-state index contributed by atoms with van der Waals surface area (Å²) in [5, 5.41) is 0.804. The fraction of sp³-hybridized carbons (Fsp3) is 0.333. The van der Waals surface area contributed by atoms with Gasteiger partial charge in [-0.15, -0.1) is 0 Å². The number of hydrogen-bond acceptors (Lipinski definition) is 4. The molecular weight excluding hydrogens is 272 g/mol. The number of hydrogen-bond donors (Lipinski definition) is 0. The predicted molar refractivity (Wildman–Crippen MR) is 81.6 cm³/mol. The molecule has 2 aliphatic rings. The molecule has 20 heavy (non-hydrogen) atoms. The maximum absolute atomic E-state index is 12.0. The quantitative estimate of drug-likeness (QED) is 0.744. The molecule has 0 bridgehead atoms. The number of ether oxygens (including phenoxy) is 1. The minimum Gasteiger partial charge on any atom is -0.378 e. The van der Waals surface area contributed by atoms with Gasteiger partial charge in [0.1, 0.15) is 0 Å². The summed E-state index contributed by atoms with van der Waals surface area (Å²) in [5.41, 5.74) is 2.23. The van der Waals surface area contributed by atoms with Crippen LogP contribution in [0.25, 0.3) is 6.08 Å². The first-order valence-electron chi connectivity index (χ1n) is 6.65. The zero-order chi connectivity index (χ0) is 13.9. The molecule has 2 aliphatic heterocycles. The first-order valence-corrected chi connectivity index (χ1v) is 7.46. The molecule has 3 rings (SSSR count). The zero-order valence-electron chi connectivity index (χ0n) is 11.3. The fourth-order valence-electron chi connectivity index (χ4n) is 2.18. The standard InChI is InChI=1S/C15H16N2O2S/c1-11-4-2-3-5-12(11)10-13-14(18)16-15(20-13)17-6-8-19-9-7-17/h2-5,10H,6-9H2,1H3/b13-10-. The van der Waals surface area contributed by atoms with E-state index in [1.807, 2.05) is 37.3 Å². The smallest absolute Gasteiger partial charge is 0.286 e. The van der Waals surface area contributed by atoms with Crippen LogP contribution in [-0.4, -0.2) is 42.3 Å². The van der Waals surface area contributed by atoms with E-state index in [9.17, 15) is 4.79 Å². The molecule has 5 heteroatoms. The number of carbonyl (C=O) groups is 1. The average Bonchev–Trinajstić information content (AvgIpc) is 2.84. The molecule has 1 aromatic rings. The summed E-state index contributed by atoms with van der Waals surface area (Å²) >= 11 is 1.46. The van der Waals surface area contributed by atoms with Gasteiger partial charge in [-0.05, 0) is 35.9 Å². The minimum absolute atomic E-state index is 0.139. The van der Waals surface area contributed by atoms with Gasteiger partial charge in [-0.25, -0.2) is 0 Å². The zero-order valence-corrected chi connectivity index (χ0v) is 12.2. The summed E-state index contributed by atoms with van der Waals surface area (Å²) in [5.74, 6) is -0.139. The molecule has 2 heterocycles. The van der Waals surface area contributed by atoms with Crippen molar-refractivity contribution in [2.24, 2.45) is 4.99 Å². The lowest BCUT2D eigenvalue weighted by atomic mass is 10.1. The summed E-state index contributed by atoms with van der Waals surface area (Å²) in [7, 11) is 0. The van der Waals surface area contributed by atoms with Crippen LogP contribution in [0.1, 0.15) is 11.1 Å². The van der Waals surface area contributed by atoms with Crippen LogP contribution in [-0.2, 0) is 9.53 Å². The number of amides is 1. The van der Waals surface area contributed by atoms with E-state index in [1.165, 1.54) is 11.8 Å². The first kappa shape index (κ1) is 13.4. The second-order valence-corrected chi connectivity index (χ2v) is 5.78. The lowest BCUT2D eigenvalue weighted by molar-refractivity contribution is -0.113. The van der Waals surface area contributed by atoms with Crippen LogP contribution in [0.3, 0.4) is 0 Å². The lowest BCUT2D eigenvalue weighted by Crippen LogP contribution is -2.38. The van der Waals surface area contributed by atoms with E-state index < -0.39 is 0 Å². The molecule has 1 amide bonds. The van der Waals surface area contributed by atoms with E-state index in [4.69, 9.17) is 4.74 Å². The third-order valence-corrected chi connectivity index (χ3v) is 4.41. The van der Waals surface area contributed by atoms with Gasteiger partial charge in [-0.2, -0.15) is 4.99 Å². The van der Waals surface area contributed by atoms with Gasteiger partial charge in [0.2, 0.25) is 0 Å². The molecule has 4 nitrogen and oxygen atoms in total. The second-order valence-electron chi connectivity index (χ2n) is 4.77. The maximum atomic E-state index is 12.0. The lowest BCUT2D eigenvalue weighted by Gasteiger charge is -2.27. The van der Waals surface area contributed by atoms with Crippen LogP contribution >= 0.6 is 11.8 Å². The number of thioether (sulfide) groups is 1. The van der Waals surface area contributed by atoms with Gasteiger partial charge < -0.3 is 9.64 Å². The summed E-state index contributed by atoms with van der Waals surface area (Å²) in [6.07, 6.45) is 1.93. The molecule has 0 atom stereocenters. The van der Waals surface area contributed by atoms with Gasteiger partial charge in [0, 0.05) is 13.1 Å². The van der Waals surface area contributed by atoms with Gasteiger partial charge in [0.15, 0.2) is 5.17 Å². The average molecular weight is 288 g/mol. The Balaban J connectivity index is 1.78. The number of aryl methyl sites for hydroxylation is 1. The monoisotopic (exact) mass is 288 g/mol. The van der Waals surface area contributed by atoms with E-state index in [-0.39, 0.29) is 5.91 Å². The molecule has 1 aromatic carbocycles. The molecule has 0 saturated carbocycles. The van der Waals surface area contributed by atoms with E-state index in [1.54, 1.807) is 0 Å². The Bertz CT molecular complexity index is 589. The Hall–Kier alpha value is -1.59. The first-order chi connectivity index (χ1) is 9.74. The van der Waals surface area contributed by atoms with Crippen LogP contribution in [0, 0.1) is 6.92 Å². The van der Waals surface area contributed by atoms with Crippen molar-refractivity contribution in [3.8, 4) is 0 Å². The van der Waals surface area contributed by atoms with Crippen LogP contribution in [0.5, 0.6) is 0 Å². The van der Waals surface area contributed by atoms with Crippen LogP contribution < -0.4 is 0 Å². The van der Waals surface area contributed by atoms with Crippen molar-refractivity contribution in [3.63, 3.8) is 0 Å². The van der Waals surface area contributed by atoms with E-state index in [2.05, 4.69) is 9.89 Å². The molecule has 0 aromatic heterocycles. The number of amidine groups is 1. The Morgan fingerprint density at radius 2 is 2.05 bits per heavy atom. The van der Waals surface area contributed by atoms with Crippen LogP contribution in [0.4, 0.5) is 0 Å². The Morgan fingerprint density at radius 1 is 1.30 bits per heavy atom. The molecule has 0 unspecified atom stereocenters. The summed E-state index contributed by atoms with van der Waals surface area (Å²) < 4.78 is 5.32. The van der Waals surface area contributed by atoms with Crippen molar-refractivity contribution < 1.29 is 9.53 Å².